The molecule has 2 rings (SSSR count). The van der Waals surface area contributed by atoms with E-state index in [9.17, 15) is 0 Å². The minimum Gasteiger partial charge on any atom is -0.495 e. The van der Waals surface area contributed by atoms with Crippen molar-refractivity contribution in [1.29, 1.82) is 0 Å². The molecule has 2 unspecified atom stereocenters. The fraction of sp³-hybridized carbons (Fsp3) is 0.538. The van der Waals surface area contributed by atoms with Crippen LogP contribution in [0.2, 0.25) is 10.0 Å². The minimum absolute atomic E-state index is 0.268. The van der Waals surface area contributed by atoms with Crippen molar-refractivity contribution < 1.29 is 4.74 Å². The second kappa shape index (κ2) is 5.66. The Kier molecular flexibility index (Phi) is 4.38. The van der Waals surface area contributed by atoms with Crippen LogP contribution in [0.25, 0.3) is 0 Å². The highest BCUT2D eigenvalue weighted by Crippen LogP contribution is 2.42. The molecule has 0 aliphatic carbocycles. The monoisotopic (exact) mass is 288 g/mol. The van der Waals surface area contributed by atoms with E-state index in [2.05, 4.69) is 11.9 Å². The number of nitrogens with zero attached hydrogens (tertiary/aromatic N) is 1. The first-order chi connectivity index (χ1) is 8.56. The van der Waals surface area contributed by atoms with E-state index in [1.54, 1.807) is 13.2 Å². The molecule has 18 heavy (non-hydrogen) atoms. The smallest absolute Gasteiger partial charge is 0.142 e. The lowest BCUT2D eigenvalue weighted by molar-refractivity contribution is 0.303. The van der Waals surface area contributed by atoms with Gasteiger partial charge in [-0.05, 0) is 38.1 Å². The summed E-state index contributed by atoms with van der Waals surface area (Å²) in [6.07, 6.45) is 1.01. The highest BCUT2D eigenvalue weighted by atomic mass is 35.5. The fourth-order valence-corrected chi connectivity index (χ4v) is 3.27. The maximum atomic E-state index is 6.18. The molecular formula is C13H18Cl2N2O. The molecule has 2 atom stereocenters. The van der Waals surface area contributed by atoms with Gasteiger partial charge < -0.3 is 10.5 Å². The van der Waals surface area contributed by atoms with E-state index in [0.717, 1.165) is 24.3 Å². The minimum atomic E-state index is 0.268. The second-order valence-electron chi connectivity index (χ2n) is 4.80. The highest BCUT2D eigenvalue weighted by molar-refractivity contribution is 6.35. The number of halogens is 2. The zero-order valence-corrected chi connectivity index (χ0v) is 12.1. The van der Waals surface area contributed by atoms with E-state index in [4.69, 9.17) is 33.7 Å². The van der Waals surface area contributed by atoms with Crippen LogP contribution in [0.1, 0.15) is 18.0 Å². The van der Waals surface area contributed by atoms with E-state index in [-0.39, 0.29) is 6.04 Å². The Morgan fingerprint density at radius 1 is 1.44 bits per heavy atom. The average molecular weight is 289 g/mol. The fourth-order valence-electron chi connectivity index (χ4n) is 2.68. The summed E-state index contributed by atoms with van der Waals surface area (Å²) in [6.45, 7) is 1.70. The van der Waals surface area contributed by atoms with Crippen LogP contribution in [-0.2, 0) is 0 Å². The van der Waals surface area contributed by atoms with Crippen molar-refractivity contribution in [2.45, 2.75) is 12.5 Å². The van der Waals surface area contributed by atoms with Crippen LogP contribution in [0.3, 0.4) is 0 Å². The van der Waals surface area contributed by atoms with Crippen molar-refractivity contribution in [3.05, 3.63) is 27.7 Å². The predicted molar refractivity (Wildman–Crippen MR) is 75.5 cm³/mol. The standard InChI is InChI=1S/C13H18Cl2N2O/c1-17-7-8(6-16)3-12(17)10-4-9(14)5-11(15)13(10)18-2/h4-5,8,12H,3,6-7,16H2,1-2H3. The van der Waals surface area contributed by atoms with Gasteiger partial charge in [0.25, 0.3) is 0 Å². The third kappa shape index (κ3) is 2.59. The maximum Gasteiger partial charge on any atom is 0.142 e. The molecule has 2 N–H and O–H groups in total. The number of likely N-dealkylation sites (tertiary alicyclic amines) is 1. The number of hydrogen-bond donors (Lipinski definition) is 1. The summed E-state index contributed by atoms with van der Waals surface area (Å²) in [4.78, 5) is 2.28. The van der Waals surface area contributed by atoms with Gasteiger partial charge >= 0.3 is 0 Å². The molecule has 1 aromatic rings. The molecule has 0 radical (unpaired) electrons. The van der Waals surface area contributed by atoms with Crippen LogP contribution in [-0.4, -0.2) is 32.1 Å². The summed E-state index contributed by atoms with van der Waals surface area (Å²) in [6, 6.07) is 3.91. The lowest BCUT2D eigenvalue weighted by atomic mass is 9.99. The Bertz CT molecular complexity index is 439. The predicted octanol–water partition coefficient (Wildman–Crippen LogP) is 2.95. The number of nitrogens with two attached hydrogens (primary N) is 1. The first kappa shape index (κ1) is 13.9. The molecule has 0 aromatic heterocycles. The maximum absolute atomic E-state index is 6.18. The average Bonchev–Trinajstić information content (AvgIpc) is 2.69. The van der Waals surface area contributed by atoms with Crippen LogP contribution in [0, 0.1) is 5.92 Å². The topological polar surface area (TPSA) is 38.5 Å². The van der Waals surface area contributed by atoms with Gasteiger partial charge in [-0.15, -0.1) is 0 Å². The van der Waals surface area contributed by atoms with Crippen molar-refractivity contribution in [2.24, 2.45) is 11.7 Å². The molecular weight excluding hydrogens is 271 g/mol. The molecule has 1 fully saturated rings. The highest BCUT2D eigenvalue weighted by Gasteiger charge is 2.32. The normalized spacial score (nSPS) is 24.5. The third-order valence-electron chi connectivity index (χ3n) is 3.57. The Morgan fingerprint density at radius 3 is 2.72 bits per heavy atom. The Labute approximate surface area is 118 Å². The van der Waals surface area contributed by atoms with Crippen LogP contribution in [0.4, 0.5) is 0 Å². The molecule has 100 valence electrons. The van der Waals surface area contributed by atoms with Gasteiger partial charge in [-0.2, -0.15) is 0 Å². The molecule has 1 heterocycles. The van der Waals surface area contributed by atoms with Gasteiger partial charge in [0.2, 0.25) is 0 Å². The lowest BCUT2D eigenvalue weighted by Crippen LogP contribution is -2.20. The molecule has 1 aromatic carbocycles. The molecule has 3 nitrogen and oxygen atoms in total. The molecule has 0 bridgehead atoms. The zero-order valence-electron chi connectivity index (χ0n) is 10.6. The van der Waals surface area contributed by atoms with Crippen molar-refractivity contribution >= 4 is 23.2 Å². The van der Waals surface area contributed by atoms with Gasteiger partial charge in [0.1, 0.15) is 5.75 Å². The SMILES string of the molecule is COc1c(Cl)cc(Cl)cc1C1CC(CN)CN1C. The third-order valence-corrected chi connectivity index (χ3v) is 4.07. The first-order valence-corrected chi connectivity index (χ1v) is 6.75. The number of rotatable bonds is 3. The quantitative estimate of drug-likeness (QED) is 0.929. The van der Waals surface area contributed by atoms with Gasteiger partial charge in [-0.1, -0.05) is 23.2 Å². The summed E-state index contributed by atoms with van der Waals surface area (Å²) in [5.41, 5.74) is 6.81. The van der Waals surface area contributed by atoms with Crippen LogP contribution < -0.4 is 10.5 Å². The van der Waals surface area contributed by atoms with E-state index < -0.39 is 0 Å². The van der Waals surface area contributed by atoms with Gasteiger partial charge in [-0.25, -0.2) is 0 Å². The molecule has 0 saturated carbocycles. The zero-order chi connectivity index (χ0) is 13.3. The summed E-state index contributed by atoms with van der Waals surface area (Å²) < 4.78 is 5.41. The van der Waals surface area contributed by atoms with E-state index in [0.29, 0.717) is 22.5 Å². The Balaban J connectivity index is 2.38. The number of benzene rings is 1. The number of hydrogen-bond acceptors (Lipinski definition) is 3. The summed E-state index contributed by atoms with van der Waals surface area (Å²) >= 11 is 12.3. The summed E-state index contributed by atoms with van der Waals surface area (Å²) in [7, 11) is 3.72. The second-order valence-corrected chi connectivity index (χ2v) is 5.65. The van der Waals surface area contributed by atoms with Gasteiger partial charge in [0, 0.05) is 23.2 Å². The van der Waals surface area contributed by atoms with Gasteiger partial charge in [0.15, 0.2) is 0 Å². The van der Waals surface area contributed by atoms with Crippen molar-refractivity contribution in [3.63, 3.8) is 0 Å². The van der Waals surface area contributed by atoms with Crippen LogP contribution >= 0.6 is 23.2 Å². The molecule has 5 heteroatoms. The van der Waals surface area contributed by atoms with Crippen LogP contribution in [0.5, 0.6) is 5.75 Å². The molecule has 0 spiro atoms. The van der Waals surface area contributed by atoms with Crippen molar-refractivity contribution in [1.82, 2.24) is 4.90 Å². The van der Waals surface area contributed by atoms with E-state index in [1.165, 1.54) is 0 Å². The molecule has 1 saturated heterocycles. The number of methoxy groups -OCH3 is 1. The molecule has 1 aliphatic heterocycles. The molecule has 1 aliphatic rings. The Morgan fingerprint density at radius 2 is 2.17 bits per heavy atom. The largest absolute Gasteiger partial charge is 0.495 e. The molecule has 0 amide bonds. The van der Waals surface area contributed by atoms with E-state index >= 15 is 0 Å². The lowest BCUT2D eigenvalue weighted by Gasteiger charge is -2.22. The van der Waals surface area contributed by atoms with Crippen LogP contribution in [0.15, 0.2) is 12.1 Å². The van der Waals surface area contributed by atoms with Crippen molar-refractivity contribution in [3.8, 4) is 5.75 Å². The first-order valence-electron chi connectivity index (χ1n) is 6.00. The van der Waals surface area contributed by atoms with E-state index in [1.807, 2.05) is 6.07 Å². The van der Waals surface area contributed by atoms with Gasteiger partial charge in [-0.3, -0.25) is 4.90 Å². The Hall–Kier alpha value is -0.480. The summed E-state index contributed by atoms with van der Waals surface area (Å²) in [5.74, 6) is 1.23. The summed E-state index contributed by atoms with van der Waals surface area (Å²) in [5, 5.41) is 1.20. The number of ether oxygens (including phenoxy) is 1. The van der Waals surface area contributed by atoms with Gasteiger partial charge in [0.05, 0.1) is 12.1 Å². The van der Waals surface area contributed by atoms with Crippen molar-refractivity contribution in [2.75, 3.05) is 27.2 Å².